The molecule has 3 N–H and O–H groups in total. The van der Waals surface area contributed by atoms with Crippen LogP contribution in [0.3, 0.4) is 0 Å². The summed E-state index contributed by atoms with van der Waals surface area (Å²) < 4.78 is 1.81. The largest absolute Gasteiger partial charge is 0.366 e. The van der Waals surface area contributed by atoms with Crippen LogP contribution in [-0.4, -0.2) is 22.6 Å². The topological polar surface area (TPSA) is 85.1 Å². The highest BCUT2D eigenvalue weighted by Crippen LogP contribution is 2.31. The molecule has 0 aliphatic heterocycles. The Morgan fingerprint density at radius 1 is 1.35 bits per heavy atom. The lowest BCUT2D eigenvalue weighted by Gasteiger charge is -2.03. The third kappa shape index (κ3) is 3.84. The van der Waals surface area contributed by atoms with E-state index < -0.39 is 5.91 Å². The van der Waals surface area contributed by atoms with Crippen molar-refractivity contribution in [1.82, 2.24) is 4.98 Å². The number of carbonyl (C=O) groups is 2. The van der Waals surface area contributed by atoms with Crippen molar-refractivity contribution in [2.45, 2.75) is 4.34 Å². The molecule has 3 rings (SSSR count). The number of halogens is 1. The molecule has 1 aromatic carbocycles. The summed E-state index contributed by atoms with van der Waals surface area (Å²) in [6.07, 6.45) is 0. The van der Waals surface area contributed by atoms with E-state index in [1.807, 2.05) is 12.1 Å². The third-order valence-corrected chi connectivity index (χ3v) is 6.08. The highest BCUT2D eigenvalue weighted by Gasteiger charge is 2.13. The Balaban J connectivity index is 1.63. The number of thioether (sulfide) groups is 1. The van der Waals surface area contributed by atoms with Crippen LogP contribution >= 0.6 is 46.0 Å². The van der Waals surface area contributed by atoms with Gasteiger partial charge in [-0.2, -0.15) is 0 Å². The number of hydrogen-bond donors (Lipinski definition) is 2. The number of thiophene rings is 1. The number of rotatable bonds is 5. The third-order valence-electron chi connectivity index (χ3n) is 2.84. The van der Waals surface area contributed by atoms with Crippen molar-refractivity contribution in [3.8, 4) is 0 Å². The van der Waals surface area contributed by atoms with Crippen LogP contribution in [-0.2, 0) is 4.79 Å². The molecule has 0 spiro atoms. The van der Waals surface area contributed by atoms with Gasteiger partial charge in [0, 0.05) is 5.02 Å². The molecular formula is C14H10ClN3O2S3. The fourth-order valence-electron chi connectivity index (χ4n) is 1.83. The standard InChI is InChI=1S/C14H10ClN3O2S3/c15-7-1-2-10-9(5-7)17-14(23-10)22-6-11(19)18-13-8(12(16)20)3-4-21-13/h1-5H,6H2,(H2,16,20)(H,18,19). The quantitative estimate of drug-likeness (QED) is 0.655. The second kappa shape index (κ2) is 6.88. The fraction of sp³-hybridized carbons (Fsp3) is 0.0714. The minimum atomic E-state index is -0.558. The van der Waals surface area contributed by atoms with Gasteiger partial charge in [-0.3, -0.25) is 9.59 Å². The zero-order valence-electron chi connectivity index (χ0n) is 11.5. The van der Waals surface area contributed by atoms with Gasteiger partial charge in [0.2, 0.25) is 5.91 Å². The average Bonchev–Trinajstić information content (AvgIpc) is 3.10. The molecule has 0 atom stereocenters. The van der Waals surface area contributed by atoms with Gasteiger partial charge in [-0.25, -0.2) is 4.98 Å². The summed E-state index contributed by atoms with van der Waals surface area (Å²) in [5, 5.41) is 5.51. The van der Waals surface area contributed by atoms with Crippen LogP contribution < -0.4 is 11.1 Å². The number of carbonyl (C=O) groups excluding carboxylic acids is 2. The maximum absolute atomic E-state index is 12.0. The van der Waals surface area contributed by atoms with E-state index in [9.17, 15) is 9.59 Å². The lowest BCUT2D eigenvalue weighted by atomic mass is 10.3. The maximum Gasteiger partial charge on any atom is 0.251 e. The molecule has 0 unspecified atom stereocenters. The SMILES string of the molecule is NC(=O)c1ccsc1NC(=O)CSc1nc2cc(Cl)ccc2s1. The Bertz CT molecular complexity index is 890. The van der Waals surface area contributed by atoms with Crippen LogP contribution in [0.15, 0.2) is 34.0 Å². The number of nitrogens with two attached hydrogens (primary N) is 1. The summed E-state index contributed by atoms with van der Waals surface area (Å²) in [6, 6.07) is 7.10. The van der Waals surface area contributed by atoms with Crippen molar-refractivity contribution in [3.05, 3.63) is 40.2 Å². The second-order valence-corrected chi connectivity index (χ2v) is 8.06. The van der Waals surface area contributed by atoms with Gasteiger partial charge in [-0.05, 0) is 29.6 Å². The molecule has 0 radical (unpaired) electrons. The van der Waals surface area contributed by atoms with E-state index in [-0.39, 0.29) is 11.7 Å². The Hall–Kier alpha value is -1.61. The number of nitrogens with one attached hydrogen (secondary N) is 1. The highest BCUT2D eigenvalue weighted by atomic mass is 35.5. The summed E-state index contributed by atoms with van der Waals surface area (Å²) >= 11 is 10.0. The van der Waals surface area contributed by atoms with Gasteiger partial charge in [-0.15, -0.1) is 22.7 Å². The lowest BCUT2D eigenvalue weighted by Crippen LogP contribution is -2.17. The predicted molar refractivity (Wildman–Crippen MR) is 96.8 cm³/mol. The number of aromatic nitrogens is 1. The van der Waals surface area contributed by atoms with Crippen LogP contribution in [0.4, 0.5) is 5.00 Å². The van der Waals surface area contributed by atoms with Gasteiger partial charge in [-0.1, -0.05) is 23.4 Å². The lowest BCUT2D eigenvalue weighted by molar-refractivity contribution is -0.113. The molecule has 0 aliphatic carbocycles. The number of benzene rings is 1. The van der Waals surface area contributed by atoms with Crippen molar-refractivity contribution in [1.29, 1.82) is 0 Å². The van der Waals surface area contributed by atoms with Gasteiger partial charge in [0.15, 0.2) is 4.34 Å². The number of primary amides is 1. The smallest absolute Gasteiger partial charge is 0.251 e. The molecule has 9 heteroatoms. The van der Waals surface area contributed by atoms with Gasteiger partial charge in [0.25, 0.3) is 5.91 Å². The minimum Gasteiger partial charge on any atom is -0.366 e. The van der Waals surface area contributed by atoms with Crippen LogP contribution in [0.5, 0.6) is 0 Å². The molecule has 23 heavy (non-hydrogen) atoms. The molecule has 3 aromatic rings. The zero-order valence-corrected chi connectivity index (χ0v) is 14.7. The fourth-order valence-corrected chi connectivity index (χ4v) is 4.65. The van der Waals surface area contributed by atoms with Crippen molar-refractivity contribution < 1.29 is 9.59 Å². The first kappa shape index (κ1) is 16.3. The molecule has 2 amide bonds. The molecule has 0 fully saturated rings. The molecule has 0 saturated heterocycles. The van der Waals surface area contributed by atoms with Gasteiger partial charge < -0.3 is 11.1 Å². The molecule has 2 aromatic heterocycles. The zero-order chi connectivity index (χ0) is 16.4. The van der Waals surface area contributed by atoms with E-state index in [0.717, 1.165) is 14.6 Å². The Morgan fingerprint density at radius 3 is 2.96 bits per heavy atom. The van der Waals surface area contributed by atoms with Crippen LogP contribution in [0.1, 0.15) is 10.4 Å². The van der Waals surface area contributed by atoms with Crippen molar-refractivity contribution in [2.75, 3.05) is 11.1 Å². The van der Waals surface area contributed by atoms with Crippen LogP contribution in [0, 0.1) is 0 Å². The summed E-state index contributed by atoms with van der Waals surface area (Å²) in [5.74, 6) is -0.571. The number of hydrogen-bond acceptors (Lipinski definition) is 6. The molecule has 0 aliphatic rings. The summed E-state index contributed by atoms with van der Waals surface area (Å²) in [5.41, 5.74) is 6.39. The number of amides is 2. The van der Waals surface area contributed by atoms with E-state index in [2.05, 4.69) is 10.3 Å². The molecule has 5 nitrogen and oxygen atoms in total. The van der Waals surface area contributed by atoms with Gasteiger partial charge in [0.05, 0.1) is 21.5 Å². The number of nitrogens with zero attached hydrogens (tertiary/aromatic N) is 1. The van der Waals surface area contributed by atoms with Crippen LogP contribution in [0.2, 0.25) is 5.02 Å². The van der Waals surface area contributed by atoms with E-state index in [1.165, 1.54) is 34.4 Å². The Labute approximate surface area is 148 Å². The second-order valence-electron chi connectivity index (χ2n) is 4.46. The molecule has 0 bridgehead atoms. The highest BCUT2D eigenvalue weighted by molar-refractivity contribution is 8.01. The Kier molecular flexibility index (Phi) is 4.86. The number of thiazole rings is 1. The van der Waals surface area contributed by atoms with Crippen molar-refractivity contribution in [2.24, 2.45) is 5.73 Å². The number of fused-ring (bicyclic) bond motifs is 1. The van der Waals surface area contributed by atoms with Gasteiger partial charge in [0.1, 0.15) is 5.00 Å². The van der Waals surface area contributed by atoms with Gasteiger partial charge >= 0.3 is 0 Å². The number of anilines is 1. The van der Waals surface area contributed by atoms with Crippen molar-refractivity contribution >= 4 is 73.1 Å². The Morgan fingerprint density at radius 2 is 2.17 bits per heavy atom. The monoisotopic (exact) mass is 383 g/mol. The molecule has 118 valence electrons. The predicted octanol–water partition coefficient (Wildman–Crippen LogP) is 3.84. The normalized spacial score (nSPS) is 10.8. The summed E-state index contributed by atoms with van der Waals surface area (Å²) in [4.78, 5) is 27.7. The molecule has 2 heterocycles. The van der Waals surface area contributed by atoms with Crippen molar-refractivity contribution in [3.63, 3.8) is 0 Å². The van der Waals surface area contributed by atoms with Crippen LogP contribution in [0.25, 0.3) is 10.2 Å². The molecular weight excluding hydrogens is 374 g/mol. The maximum atomic E-state index is 12.0. The van der Waals surface area contributed by atoms with E-state index in [4.69, 9.17) is 17.3 Å². The summed E-state index contributed by atoms with van der Waals surface area (Å²) in [6.45, 7) is 0. The average molecular weight is 384 g/mol. The van der Waals surface area contributed by atoms with E-state index in [1.54, 1.807) is 17.5 Å². The molecule has 0 saturated carbocycles. The first-order chi connectivity index (χ1) is 11.0. The van der Waals surface area contributed by atoms with E-state index >= 15 is 0 Å². The van der Waals surface area contributed by atoms with E-state index in [0.29, 0.717) is 15.6 Å². The first-order valence-corrected chi connectivity index (χ1v) is 9.45. The minimum absolute atomic E-state index is 0.198. The summed E-state index contributed by atoms with van der Waals surface area (Å²) in [7, 11) is 0. The first-order valence-electron chi connectivity index (χ1n) is 6.39.